The molecule has 1 amide bonds. The molecule has 0 spiro atoms. The van der Waals surface area contributed by atoms with Crippen LogP contribution in [0.5, 0.6) is 0 Å². The summed E-state index contributed by atoms with van der Waals surface area (Å²) in [6, 6.07) is 0. The van der Waals surface area contributed by atoms with Crippen molar-refractivity contribution in [3.8, 4) is 0 Å². The first-order chi connectivity index (χ1) is 9.64. The second-order valence-electron chi connectivity index (χ2n) is 6.87. The summed E-state index contributed by atoms with van der Waals surface area (Å²) in [6.07, 6.45) is 9.93. The van der Waals surface area contributed by atoms with Gasteiger partial charge in [-0.25, -0.2) is 0 Å². The molecule has 4 nitrogen and oxygen atoms in total. The van der Waals surface area contributed by atoms with Crippen LogP contribution in [0.1, 0.15) is 58.3 Å². The van der Waals surface area contributed by atoms with E-state index in [4.69, 9.17) is 0 Å². The van der Waals surface area contributed by atoms with Crippen LogP contribution in [-0.2, 0) is 4.79 Å². The van der Waals surface area contributed by atoms with E-state index in [0.29, 0.717) is 18.4 Å². The lowest BCUT2D eigenvalue weighted by atomic mass is 9.76. The number of rotatable bonds is 7. The van der Waals surface area contributed by atoms with Crippen molar-refractivity contribution in [1.82, 2.24) is 10.6 Å². The summed E-state index contributed by atoms with van der Waals surface area (Å²) in [4.78, 5) is 11.9. The Hall–Kier alpha value is -0.610. The maximum Gasteiger partial charge on any atom is 0.233 e. The predicted molar refractivity (Wildman–Crippen MR) is 80.4 cm³/mol. The monoisotopic (exact) mass is 282 g/mol. The van der Waals surface area contributed by atoms with Crippen molar-refractivity contribution in [1.29, 1.82) is 0 Å². The normalized spacial score (nSPS) is 23.9. The molecule has 1 atom stereocenters. The molecule has 2 saturated carbocycles. The Balaban J connectivity index is 1.72. The summed E-state index contributed by atoms with van der Waals surface area (Å²) >= 11 is 0. The molecule has 0 aromatic heterocycles. The van der Waals surface area contributed by atoms with E-state index in [1.54, 1.807) is 0 Å². The number of aliphatic hydroxyl groups is 1. The molecule has 0 aromatic rings. The van der Waals surface area contributed by atoms with Gasteiger partial charge in [0, 0.05) is 12.1 Å². The van der Waals surface area contributed by atoms with E-state index in [0.717, 1.165) is 19.4 Å². The van der Waals surface area contributed by atoms with Gasteiger partial charge in [-0.3, -0.25) is 4.79 Å². The summed E-state index contributed by atoms with van der Waals surface area (Å²) in [5.74, 6) is 1.24. The fourth-order valence-corrected chi connectivity index (χ4v) is 3.37. The lowest BCUT2D eigenvalue weighted by Crippen LogP contribution is -2.55. The Morgan fingerprint density at radius 3 is 2.40 bits per heavy atom. The Morgan fingerprint density at radius 1 is 1.15 bits per heavy atom. The highest BCUT2D eigenvalue weighted by molar-refractivity contribution is 5.78. The highest BCUT2D eigenvalue weighted by Crippen LogP contribution is 2.32. The molecule has 0 unspecified atom stereocenters. The van der Waals surface area contributed by atoms with Crippen molar-refractivity contribution in [3.63, 3.8) is 0 Å². The minimum absolute atomic E-state index is 0.0624. The van der Waals surface area contributed by atoms with E-state index >= 15 is 0 Å². The number of aliphatic hydroxyl groups excluding tert-OH is 1. The van der Waals surface area contributed by atoms with Gasteiger partial charge in [0.1, 0.15) is 0 Å². The standard InChI is InChI=1S/C16H30N2O2/c1-16(12-19,14-8-3-2-4-9-14)18-11-15(20)17-10-13-6-5-7-13/h13-14,18-19H,2-12H2,1H3,(H,17,20)/t16-/m0/s1. The molecule has 0 radical (unpaired) electrons. The zero-order valence-electron chi connectivity index (χ0n) is 12.8. The first kappa shape index (κ1) is 15.8. The van der Waals surface area contributed by atoms with Gasteiger partial charge in [-0.1, -0.05) is 25.7 Å². The van der Waals surface area contributed by atoms with Gasteiger partial charge in [-0.15, -0.1) is 0 Å². The van der Waals surface area contributed by atoms with Crippen LogP contribution in [0, 0.1) is 11.8 Å². The van der Waals surface area contributed by atoms with E-state index in [-0.39, 0.29) is 18.1 Å². The third kappa shape index (κ3) is 4.19. The number of amides is 1. The van der Waals surface area contributed by atoms with Crippen LogP contribution >= 0.6 is 0 Å². The van der Waals surface area contributed by atoms with Crippen molar-refractivity contribution in [2.75, 3.05) is 19.7 Å². The van der Waals surface area contributed by atoms with Gasteiger partial charge in [0.05, 0.1) is 13.2 Å². The van der Waals surface area contributed by atoms with Gasteiger partial charge < -0.3 is 15.7 Å². The lowest BCUT2D eigenvalue weighted by Gasteiger charge is -2.39. The van der Waals surface area contributed by atoms with E-state index in [1.165, 1.54) is 38.5 Å². The van der Waals surface area contributed by atoms with Gasteiger partial charge in [-0.2, -0.15) is 0 Å². The van der Waals surface area contributed by atoms with E-state index < -0.39 is 0 Å². The Bertz CT molecular complexity index is 312. The molecule has 116 valence electrons. The third-order valence-electron chi connectivity index (χ3n) is 5.30. The summed E-state index contributed by atoms with van der Waals surface area (Å²) < 4.78 is 0. The third-order valence-corrected chi connectivity index (χ3v) is 5.30. The zero-order valence-corrected chi connectivity index (χ0v) is 12.8. The molecule has 0 aromatic carbocycles. The van der Waals surface area contributed by atoms with Gasteiger partial charge in [0.25, 0.3) is 0 Å². The summed E-state index contributed by atoms with van der Waals surface area (Å²) in [7, 11) is 0. The molecule has 0 heterocycles. The Kier molecular flexibility index (Phi) is 5.85. The van der Waals surface area contributed by atoms with Crippen LogP contribution in [0.25, 0.3) is 0 Å². The van der Waals surface area contributed by atoms with Crippen LogP contribution in [0.15, 0.2) is 0 Å². The lowest BCUT2D eigenvalue weighted by molar-refractivity contribution is -0.121. The second kappa shape index (κ2) is 7.41. The van der Waals surface area contributed by atoms with Crippen LogP contribution in [0.3, 0.4) is 0 Å². The number of carbonyl (C=O) groups is 1. The molecule has 2 aliphatic carbocycles. The average Bonchev–Trinajstić information content (AvgIpc) is 2.44. The van der Waals surface area contributed by atoms with Crippen LogP contribution in [0.2, 0.25) is 0 Å². The molecule has 3 N–H and O–H groups in total. The summed E-state index contributed by atoms with van der Waals surface area (Å²) in [5.41, 5.74) is -0.311. The highest BCUT2D eigenvalue weighted by Gasteiger charge is 2.34. The number of hydrogen-bond donors (Lipinski definition) is 3. The fourth-order valence-electron chi connectivity index (χ4n) is 3.37. The maximum absolute atomic E-state index is 11.9. The zero-order chi connectivity index (χ0) is 14.4. The second-order valence-corrected chi connectivity index (χ2v) is 6.87. The highest BCUT2D eigenvalue weighted by atomic mass is 16.3. The van der Waals surface area contributed by atoms with Crippen LogP contribution in [0.4, 0.5) is 0 Å². The molecule has 0 saturated heterocycles. The Morgan fingerprint density at radius 2 is 1.85 bits per heavy atom. The van der Waals surface area contributed by atoms with Crippen molar-refractivity contribution in [2.24, 2.45) is 11.8 Å². The molecule has 2 rings (SSSR count). The first-order valence-electron chi connectivity index (χ1n) is 8.26. The van der Waals surface area contributed by atoms with E-state index in [2.05, 4.69) is 17.6 Å². The predicted octanol–water partition coefficient (Wildman–Crippen LogP) is 1.82. The number of hydrogen-bond acceptors (Lipinski definition) is 3. The van der Waals surface area contributed by atoms with Crippen LogP contribution in [-0.4, -0.2) is 36.2 Å². The molecule has 2 aliphatic rings. The molecule has 2 fully saturated rings. The largest absolute Gasteiger partial charge is 0.394 e. The average molecular weight is 282 g/mol. The molecule has 4 heteroatoms. The quantitative estimate of drug-likeness (QED) is 0.667. The molecule has 0 bridgehead atoms. The van der Waals surface area contributed by atoms with Crippen molar-refractivity contribution >= 4 is 5.91 Å². The molecular weight excluding hydrogens is 252 g/mol. The topological polar surface area (TPSA) is 61.4 Å². The minimum atomic E-state index is -0.311. The number of nitrogens with one attached hydrogen (secondary N) is 2. The minimum Gasteiger partial charge on any atom is -0.394 e. The van der Waals surface area contributed by atoms with Crippen molar-refractivity contribution < 1.29 is 9.90 Å². The van der Waals surface area contributed by atoms with Crippen LogP contribution < -0.4 is 10.6 Å². The SMILES string of the molecule is C[C@@](CO)(NCC(=O)NCC1CCC1)C1CCCCC1. The summed E-state index contributed by atoms with van der Waals surface area (Å²) in [5, 5.41) is 16.0. The molecule has 0 aliphatic heterocycles. The van der Waals surface area contributed by atoms with E-state index in [9.17, 15) is 9.90 Å². The fraction of sp³-hybridized carbons (Fsp3) is 0.938. The van der Waals surface area contributed by atoms with Gasteiger partial charge in [0.2, 0.25) is 5.91 Å². The van der Waals surface area contributed by atoms with Crippen molar-refractivity contribution in [3.05, 3.63) is 0 Å². The van der Waals surface area contributed by atoms with Gasteiger partial charge in [0.15, 0.2) is 0 Å². The molecule has 20 heavy (non-hydrogen) atoms. The summed E-state index contributed by atoms with van der Waals surface area (Å²) in [6.45, 7) is 3.30. The van der Waals surface area contributed by atoms with Crippen molar-refractivity contribution in [2.45, 2.75) is 63.8 Å². The number of carbonyl (C=O) groups excluding carboxylic acids is 1. The smallest absolute Gasteiger partial charge is 0.233 e. The van der Waals surface area contributed by atoms with E-state index in [1.807, 2.05) is 0 Å². The van der Waals surface area contributed by atoms with Gasteiger partial charge >= 0.3 is 0 Å². The first-order valence-corrected chi connectivity index (χ1v) is 8.26. The molecular formula is C16H30N2O2. The Labute approximate surface area is 122 Å². The van der Waals surface area contributed by atoms with Gasteiger partial charge in [-0.05, 0) is 44.4 Å². The maximum atomic E-state index is 11.9.